The molecule has 1 heterocycles. The fourth-order valence-electron chi connectivity index (χ4n) is 0.883. The number of carbonyl (C=O) groups is 1. The minimum atomic E-state index is -0.236. The van der Waals surface area contributed by atoms with Crippen LogP contribution in [-0.2, 0) is 0 Å². The Morgan fingerprint density at radius 1 is 1.69 bits per heavy atom. The number of nitrogens with one attached hydrogen (secondary N) is 1. The van der Waals surface area contributed by atoms with Gasteiger partial charge in [0.1, 0.15) is 6.20 Å². The molecule has 0 saturated heterocycles. The maximum atomic E-state index is 11.4. The van der Waals surface area contributed by atoms with Crippen LogP contribution in [0.15, 0.2) is 12.3 Å². The molecule has 0 aliphatic heterocycles. The highest BCUT2D eigenvalue weighted by atomic mass is 16.1. The molecule has 1 radical (unpaired) electrons. The predicted octanol–water partition coefficient (Wildman–Crippen LogP) is 0.602. The summed E-state index contributed by atoms with van der Waals surface area (Å²) < 4.78 is 0. The van der Waals surface area contributed by atoms with Gasteiger partial charge in [0.05, 0.1) is 5.56 Å². The van der Waals surface area contributed by atoms with Crippen molar-refractivity contribution < 1.29 is 4.79 Å². The number of hydrogen-bond acceptors (Lipinski definition) is 3. The lowest BCUT2D eigenvalue weighted by atomic mass is 10.2. The summed E-state index contributed by atoms with van der Waals surface area (Å²) in [6, 6.07) is 1.66. The van der Waals surface area contributed by atoms with Crippen molar-refractivity contribution in [3.63, 3.8) is 0 Å². The first-order valence-electron chi connectivity index (χ1n) is 4.04. The fourth-order valence-corrected chi connectivity index (χ4v) is 0.883. The van der Waals surface area contributed by atoms with Crippen molar-refractivity contribution in [3.05, 3.63) is 24.0 Å². The van der Waals surface area contributed by atoms with E-state index in [-0.39, 0.29) is 11.9 Å². The summed E-state index contributed by atoms with van der Waals surface area (Å²) >= 11 is 0. The summed E-state index contributed by atoms with van der Waals surface area (Å²) in [7, 11) is 0. The van der Waals surface area contributed by atoms with E-state index < -0.39 is 0 Å². The van der Waals surface area contributed by atoms with Gasteiger partial charge < -0.3 is 11.1 Å². The molecule has 4 heteroatoms. The molecule has 1 aromatic rings. The molecule has 3 N–H and O–H groups in total. The number of anilines is 1. The first-order chi connectivity index (χ1) is 6.11. The van der Waals surface area contributed by atoms with Crippen LogP contribution in [0.5, 0.6) is 0 Å². The van der Waals surface area contributed by atoms with Crippen molar-refractivity contribution >= 4 is 11.6 Å². The van der Waals surface area contributed by atoms with Crippen molar-refractivity contribution in [2.75, 3.05) is 5.73 Å². The Kier molecular flexibility index (Phi) is 2.84. The number of nitrogens with zero attached hydrogens (tertiary/aromatic N) is 1. The molecule has 13 heavy (non-hydrogen) atoms. The van der Waals surface area contributed by atoms with Crippen LogP contribution in [0.2, 0.25) is 0 Å². The molecule has 0 aliphatic carbocycles. The van der Waals surface area contributed by atoms with Gasteiger partial charge in [-0.05, 0) is 19.9 Å². The third-order valence-electron chi connectivity index (χ3n) is 1.44. The molecule has 0 fully saturated rings. The first kappa shape index (κ1) is 9.51. The lowest BCUT2D eigenvalue weighted by Gasteiger charge is -2.08. The summed E-state index contributed by atoms with van der Waals surface area (Å²) in [6.45, 7) is 3.76. The summed E-state index contributed by atoms with van der Waals surface area (Å²) in [6.07, 6.45) is 4.06. The lowest BCUT2D eigenvalue weighted by Crippen LogP contribution is -2.30. The van der Waals surface area contributed by atoms with Crippen molar-refractivity contribution in [2.45, 2.75) is 19.9 Å². The number of amides is 1. The van der Waals surface area contributed by atoms with E-state index in [2.05, 4.69) is 16.5 Å². The van der Waals surface area contributed by atoms with Crippen LogP contribution in [-0.4, -0.2) is 16.9 Å². The van der Waals surface area contributed by atoms with Crippen LogP contribution in [0, 0.1) is 6.20 Å². The molecule has 0 unspecified atom stereocenters. The van der Waals surface area contributed by atoms with Gasteiger partial charge in [0.2, 0.25) is 0 Å². The minimum Gasteiger partial charge on any atom is -0.398 e. The quantitative estimate of drug-likeness (QED) is 0.697. The normalized spacial score (nSPS) is 10.1. The van der Waals surface area contributed by atoms with E-state index in [1.807, 2.05) is 13.8 Å². The van der Waals surface area contributed by atoms with Crippen LogP contribution in [0.25, 0.3) is 0 Å². The third-order valence-corrected chi connectivity index (χ3v) is 1.44. The molecular formula is C9H12N3O. The maximum Gasteiger partial charge on any atom is 0.255 e. The molecule has 1 aromatic heterocycles. The van der Waals surface area contributed by atoms with E-state index >= 15 is 0 Å². The Morgan fingerprint density at radius 2 is 2.38 bits per heavy atom. The van der Waals surface area contributed by atoms with Crippen molar-refractivity contribution in [1.82, 2.24) is 10.3 Å². The molecular weight excluding hydrogens is 166 g/mol. The van der Waals surface area contributed by atoms with Gasteiger partial charge >= 0.3 is 0 Å². The van der Waals surface area contributed by atoms with Gasteiger partial charge in [0.25, 0.3) is 5.91 Å². The topological polar surface area (TPSA) is 68.0 Å². The Hall–Kier alpha value is -1.58. The average molecular weight is 178 g/mol. The van der Waals surface area contributed by atoms with E-state index in [0.717, 1.165) is 0 Å². The Labute approximate surface area is 77.2 Å². The first-order valence-corrected chi connectivity index (χ1v) is 4.04. The zero-order chi connectivity index (χ0) is 9.84. The van der Waals surface area contributed by atoms with Crippen LogP contribution >= 0.6 is 0 Å². The summed E-state index contributed by atoms with van der Waals surface area (Å²) in [5, 5.41) is 2.71. The molecule has 4 nitrogen and oxygen atoms in total. The monoisotopic (exact) mass is 178 g/mol. The number of aromatic nitrogens is 1. The molecule has 69 valence electrons. The number of pyridine rings is 1. The zero-order valence-electron chi connectivity index (χ0n) is 7.66. The Balaban J connectivity index is 2.83. The zero-order valence-corrected chi connectivity index (χ0v) is 7.66. The summed E-state index contributed by atoms with van der Waals surface area (Å²) in [4.78, 5) is 15.1. The number of nitrogen functional groups attached to an aromatic ring is 1. The highest BCUT2D eigenvalue weighted by Crippen LogP contribution is 2.07. The van der Waals surface area contributed by atoms with Gasteiger partial charge in [-0.3, -0.25) is 9.78 Å². The molecule has 0 spiro atoms. The van der Waals surface area contributed by atoms with E-state index in [1.165, 1.54) is 6.20 Å². The van der Waals surface area contributed by atoms with Crippen molar-refractivity contribution in [1.29, 1.82) is 0 Å². The number of hydrogen-bond donors (Lipinski definition) is 2. The van der Waals surface area contributed by atoms with Gasteiger partial charge in [-0.2, -0.15) is 0 Å². The summed E-state index contributed by atoms with van der Waals surface area (Å²) in [5.41, 5.74) is 6.26. The van der Waals surface area contributed by atoms with Gasteiger partial charge in [-0.15, -0.1) is 0 Å². The lowest BCUT2D eigenvalue weighted by molar-refractivity contribution is 0.0943. The highest BCUT2D eigenvalue weighted by Gasteiger charge is 2.10. The van der Waals surface area contributed by atoms with Gasteiger partial charge in [-0.1, -0.05) is 0 Å². The van der Waals surface area contributed by atoms with E-state index in [9.17, 15) is 4.79 Å². The second-order valence-corrected chi connectivity index (χ2v) is 3.02. The van der Waals surface area contributed by atoms with Gasteiger partial charge in [-0.25, -0.2) is 0 Å². The second-order valence-electron chi connectivity index (χ2n) is 3.02. The smallest absolute Gasteiger partial charge is 0.255 e. The molecule has 0 atom stereocenters. The molecule has 0 bridgehead atoms. The van der Waals surface area contributed by atoms with E-state index in [0.29, 0.717) is 11.3 Å². The van der Waals surface area contributed by atoms with Crippen LogP contribution in [0.1, 0.15) is 24.2 Å². The SMILES string of the molecule is CC(C)NC(=O)c1[c]nccc1N. The van der Waals surface area contributed by atoms with E-state index in [4.69, 9.17) is 5.73 Å². The predicted molar refractivity (Wildman–Crippen MR) is 50.1 cm³/mol. The molecule has 0 saturated carbocycles. The largest absolute Gasteiger partial charge is 0.398 e. The molecule has 0 aliphatic rings. The minimum absolute atomic E-state index is 0.0838. The maximum absolute atomic E-state index is 11.4. The molecule has 1 amide bonds. The molecule has 1 rings (SSSR count). The highest BCUT2D eigenvalue weighted by molar-refractivity contribution is 5.98. The van der Waals surface area contributed by atoms with Gasteiger partial charge in [0.15, 0.2) is 0 Å². The number of nitrogens with two attached hydrogens (primary N) is 1. The van der Waals surface area contributed by atoms with Crippen LogP contribution in [0.4, 0.5) is 5.69 Å². The van der Waals surface area contributed by atoms with Crippen LogP contribution in [0.3, 0.4) is 0 Å². The Morgan fingerprint density at radius 3 is 2.92 bits per heavy atom. The molecule has 0 aromatic carbocycles. The number of carbonyl (C=O) groups excluding carboxylic acids is 1. The average Bonchev–Trinajstić information content (AvgIpc) is 2.03. The second kappa shape index (κ2) is 3.89. The van der Waals surface area contributed by atoms with Crippen molar-refractivity contribution in [3.8, 4) is 0 Å². The van der Waals surface area contributed by atoms with E-state index in [1.54, 1.807) is 6.07 Å². The van der Waals surface area contributed by atoms with Crippen molar-refractivity contribution in [2.24, 2.45) is 0 Å². The summed E-state index contributed by atoms with van der Waals surface area (Å²) in [5.74, 6) is -0.236. The van der Waals surface area contributed by atoms with Gasteiger partial charge in [0, 0.05) is 17.9 Å². The third kappa shape index (κ3) is 2.43. The Bertz CT molecular complexity index is 309. The number of rotatable bonds is 2. The fraction of sp³-hybridized carbons (Fsp3) is 0.333. The van der Waals surface area contributed by atoms with Crippen LogP contribution < -0.4 is 11.1 Å². The standard InChI is InChI=1S/C9H12N3O/c1-6(2)12-9(13)7-5-11-4-3-8(7)10/h3-4,6H,1-2H3,(H2,10,11)(H,12,13).